The molecule has 0 rings (SSSR count). The number of rotatable bonds is 9. The minimum absolute atomic E-state index is 0.0639. The van der Waals surface area contributed by atoms with Crippen molar-refractivity contribution in [3.63, 3.8) is 0 Å². The maximum atomic E-state index is 5.72. The first kappa shape index (κ1) is 15.5. The summed E-state index contributed by atoms with van der Waals surface area (Å²) in [5.74, 6) is 0.916. The Kier molecular flexibility index (Phi) is 9.43. The van der Waals surface area contributed by atoms with Crippen LogP contribution in [0.1, 0.15) is 40.5 Å². The van der Waals surface area contributed by atoms with Gasteiger partial charge in [-0.15, -0.1) is 0 Å². The molecule has 96 valence electrons. The third kappa shape index (κ3) is 5.56. The van der Waals surface area contributed by atoms with Gasteiger partial charge in [0.25, 0.3) is 0 Å². The van der Waals surface area contributed by atoms with Crippen molar-refractivity contribution >= 4 is 10.2 Å². The maximum Gasteiger partial charge on any atom is 0.156 e. The van der Waals surface area contributed by atoms with Gasteiger partial charge in [-0.05, 0) is 27.2 Å². The molecule has 0 bridgehead atoms. The first-order chi connectivity index (χ1) is 7.71. The van der Waals surface area contributed by atoms with Gasteiger partial charge in [-0.2, -0.15) is 0 Å². The molecule has 1 atom stereocenters. The van der Waals surface area contributed by atoms with Crippen molar-refractivity contribution < 1.29 is 14.2 Å². The Balaban J connectivity index is 4.73. The Bertz CT molecular complexity index is 198. The number of ether oxygens (including phenoxy) is 3. The van der Waals surface area contributed by atoms with Gasteiger partial charge in [-0.3, -0.25) is 0 Å². The van der Waals surface area contributed by atoms with E-state index in [1.165, 1.54) is 0 Å². The first-order valence-corrected chi connectivity index (χ1v) is 7.29. The monoisotopic (exact) mass is 246 g/mol. The third-order valence-corrected chi connectivity index (χ3v) is 3.00. The van der Waals surface area contributed by atoms with Crippen LogP contribution in [-0.4, -0.2) is 36.2 Å². The van der Waals surface area contributed by atoms with Gasteiger partial charge in [0, 0.05) is 6.61 Å². The summed E-state index contributed by atoms with van der Waals surface area (Å²) < 4.78 is 17.0. The van der Waals surface area contributed by atoms with Crippen LogP contribution in [0.3, 0.4) is 0 Å². The lowest BCUT2D eigenvalue weighted by molar-refractivity contribution is 0.0252. The van der Waals surface area contributed by atoms with Gasteiger partial charge >= 0.3 is 0 Å². The molecule has 0 spiro atoms. The lowest BCUT2D eigenvalue weighted by atomic mass is 10.2. The van der Waals surface area contributed by atoms with Crippen molar-refractivity contribution in [2.45, 2.75) is 46.6 Å². The molecule has 0 N–H and O–H groups in total. The Labute approximate surface area is 103 Å². The molecule has 0 saturated heterocycles. The molecule has 1 unspecified atom stereocenters. The van der Waals surface area contributed by atoms with Crippen LogP contribution in [0.4, 0.5) is 0 Å². The van der Waals surface area contributed by atoms with Crippen molar-refractivity contribution in [1.82, 2.24) is 0 Å². The van der Waals surface area contributed by atoms with Crippen molar-refractivity contribution in [1.29, 1.82) is 0 Å². The van der Waals surface area contributed by atoms with E-state index in [4.69, 9.17) is 14.2 Å². The normalized spacial score (nSPS) is 14.5. The maximum absolute atomic E-state index is 5.72. The molecular formula is C12H26O3Si. The third-order valence-electron chi connectivity index (χ3n) is 2.22. The minimum atomic E-state index is 0.0639. The topological polar surface area (TPSA) is 27.7 Å². The number of hydrogen-bond donors (Lipinski definition) is 0. The zero-order chi connectivity index (χ0) is 12.4. The highest BCUT2D eigenvalue weighted by Gasteiger charge is 2.18. The molecule has 0 aliphatic rings. The standard InChI is InChI=1S/C12H26O3Si/c1-5-9-10(13-6-2)11(14-7-3)12(16)15-8-4/h10H,5-9H2,1-4,16H3. The largest absolute Gasteiger partial charge is 0.501 e. The van der Waals surface area contributed by atoms with Crippen LogP contribution in [0.5, 0.6) is 0 Å². The van der Waals surface area contributed by atoms with Crippen LogP contribution >= 0.6 is 0 Å². The summed E-state index contributed by atoms with van der Waals surface area (Å²) in [5.41, 5.74) is 0. The SMILES string of the molecule is CCCC(OCC)C(OCC)=C([SiH3])OCC. The van der Waals surface area contributed by atoms with Crippen LogP contribution in [0.15, 0.2) is 11.1 Å². The lowest BCUT2D eigenvalue weighted by Crippen LogP contribution is -2.21. The van der Waals surface area contributed by atoms with E-state index in [1.807, 2.05) is 20.8 Å². The van der Waals surface area contributed by atoms with E-state index in [0.717, 1.165) is 34.2 Å². The average Bonchev–Trinajstić information content (AvgIpc) is 2.26. The average molecular weight is 246 g/mol. The van der Waals surface area contributed by atoms with E-state index in [1.54, 1.807) is 0 Å². The predicted molar refractivity (Wildman–Crippen MR) is 70.5 cm³/mol. The molecule has 0 aliphatic heterocycles. The van der Waals surface area contributed by atoms with E-state index < -0.39 is 0 Å². The summed E-state index contributed by atoms with van der Waals surface area (Å²) >= 11 is 0. The molecule has 0 amide bonds. The molecule has 3 nitrogen and oxygen atoms in total. The zero-order valence-corrected chi connectivity index (χ0v) is 13.3. The van der Waals surface area contributed by atoms with E-state index >= 15 is 0 Å². The molecule has 4 heteroatoms. The summed E-state index contributed by atoms with van der Waals surface area (Å²) in [6.07, 6.45) is 2.14. The van der Waals surface area contributed by atoms with Gasteiger partial charge in [0.05, 0.1) is 23.5 Å². The fourth-order valence-electron chi connectivity index (χ4n) is 1.62. The van der Waals surface area contributed by atoms with Crippen molar-refractivity contribution in [2.24, 2.45) is 0 Å². The molecule has 0 heterocycles. The highest BCUT2D eigenvalue weighted by Crippen LogP contribution is 2.18. The first-order valence-electron chi connectivity index (χ1n) is 6.29. The molecule has 0 aliphatic carbocycles. The Morgan fingerprint density at radius 1 is 1.00 bits per heavy atom. The van der Waals surface area contributed by atoms with E-state index in [-0.39, 0.29) is 6.10 Å². The predicted octanol–water partition coefficient (Wildman–Crippen LogP) is 1.80. The quantitative estimate of drug-likeness (QED) is 0.459. The fourth-order valence-corrected chi connectivity index (χ4v) is 2.37. The number of hydrogen-bond acceptors (Lipinski definition) is 3. The zero-order valence-electron chi connectivity index (χ0n) is 11.3. The molecule has 0 aromatic rings. The van der Waals surface area contributed by atoms with Gasteiger partial charge in [0.2, 0.25) is 0 Å². The molecule has 0 aromatic heterocycles. The van der Waals surface area contributed by atoms with Gasteiger partial charge < -0.3 is 14.2 Å². The smallest absolute Gasteiger partial charge is 0.156 e. The summed E-state index contributed by atoms with van der Waals surface area (Å²) in [7, 11) is 0.861. The highest BCUT2D eigenvalue weighted by atomic mass is 28.1. The van der Waals surface area contributed by atoms with Crippen LogP contribution < -0.4 is 0 Å². The van der Waals surface area contributed by atoms with E-state index in [0.29, 0.717) is 19.8 Å². The van der Waals surface area contributed by atoms with Gasteiger partial charge in [0.1, 0.15) is 11.5 Å². The van der Waals surface area contributed by atoms with E-state index in [9.17, 15) is 0 Å². The van der Waals surface area contributed by atoms with Gasteiger partial charge in [-0.25, -0.2) is 0 Å². The van der Waals surface area contributed by atoms with Gasteiger partial charge in [-0.1, -0.05) is 13.3 Å². The summed E-state index contributed by atoms with van der Waals surface area (Å²) in [5, 5.41) is 0.983. The van der Waals surface area contributed by atoms with Crippen LogP contribution in [0, 0.1) is 0 Å². The molecule has 16 heavy (non-hydrogen) atoms. The molecule has 0 radical (unpaired) electrons. The second-order valence-corrected chi connectivity index (χ2v) is 4.43. The Morgan fingerprint density at radius 2 is 1.62 bits per heavy atom. The summed E-state index contributed by atoms with van der Waals surface area (Å²) in [6, 6.07) is 0. The second kappa shape index (κ2) is 9.72. The molecule has 0 fully saturated rings. The van der Waals surface area contributed by atoms with E-state index in [2.05, 4.69) is 6.92 Å². The second-order valence-electron chi connectivity index (χ2n) is 3.52. The van der Waals surface area contributed by atoms with Crippen molar-refractivity contribution in [3.8, 4) is 0 Å². The Hall–Kier alpha value is -0.483. The highest BCUT2D eigenvalue weighted by molar-refractivity contribution is 6.20. The van der Waals surface area contributed by atoms with Crippen LogP contribution in [0.25, 0.3) is 0 Å². The molecule has 0 aromatic carbocycles. The fraction of sp³-hybridized carbons (Fsp3) is 0.833. The lowest BCUT2D eigenvalue weighted by Gasteiger charge is -2.22. The van der Waals surface area contributed by atoms with Crippen molar-refractivity contribution in [2.75, 3.05) is 19.8 Å². The van der Waals surface area contributed by atoms with Gasteiger partial charge in [0.15, 0.2) is 5.76 Å². The molecule has 0 saturated carbocycles. The van der Waals surface area contributed by atoms with Crippen LogP contribution in [0.2, 0.25) is 0 Å². The van der Waals surface area contributed by atoms with Crippen LogP contribution in [-0.2, 0) is 14.2 Å². The molecular weight excluding hydrogens is 220 g/mol. The summed E-state index contributed by atoms with van der Waals surface area (Å²) in [6.45, 7) is 10.2. The Morgan fingerprint density at radius 3 is 2.06 bits per heavy atom. The summed E-state index contributed by atoms with van der Waals surface area (Å²) in [4.78, 5) is 0. The van der Waals surface area contributed by atoms with Crippen molar-refractivity contribution in [3.05, 3.63) is 11.1 Å². The minimum Gasteiger partial charge on any atom is -0.501 e.